The molecular weight excluding hydrogens is 329 g/mol. The molecule has 0 saturated heterocycles. The smallest absolute Gasteiger partial charge is 0.285 e. The van der Waals surface area contributed by atoms with Crippen LogP contribution in [0.3, 0.4) is 0 Å². The van der Waals surface area contributed by atoms with Gasteiger partial charge in [0.15, 0.2) is 0 Å². The van der Waals surface area contributed by atoms with Gasteiger partial charge in [-0.2, -0.15) is 13.2 Å². The number of hydrogen-bond donors (Lipinski definition) is 0. The number of hydrogen-bond acceptors (Lipinski definition) is 3. The Morgan fingerprint density at radius 3 is 1.59 bits per heavy atom. The fourth-order valence-electron chi connectivity index (χ4n) is 1.48. The van der Waals surface area contributed by atoms with Gasteiger partial charge in [0.05, 0.1) is 4.24 Å². The Balaban J connectivity index is 2.24. The molecule has 0 aliphatic carbocycles. The van der Waals surface area contributed by atoms with E-state index in [0.29, 0.717) is 6.08 Å². The zero-order valence-electron chi connectivity index (χ0n) is 11.2. The van der Waals surface area contributed by atoms with Crippen LogP contribution in [-0.4, -0.2) is 12.0 Å². The zero-order valence-corrected chi connectivity index (χ0v) is 12.8. The minimum Gasteiger partial charge on any atom is -0.285 e. The van der Waals surface area contributed by atoms with Crippen molar-refractivity contribution in [1.29, 1.82) is 0 Å². The maximum absolute atomic E-state index is 12.5. The molecule has 0 radical (unpaired) electrons. The molecule has 2 rings (SSSR count). The van der Waals surface area contributed by atoms with Crippen LogP contribution in [0.4, 0.5) is 13.2 Å². The summed E-state index contributed by atoms with van der Waals surface area (Å²) in [6, 6.07) is 17.9. The minimum absolute atomic E-state index is 0.278. The van der Waals surface area contributed by atoms with Crippen LogP contribution in [0.1, 0.15) is 0 Å². The fraction of sp³-hybridized carbons (Fsp3) is 0.0625. The molecule has 0 saturated carbocycles. The molecule has 0 spiro atoms. The third kappa shape index (κ3) is 5.27. The Kier molecular flexibility index (Phi) is 5.74. The largest absolute Gasteiger partial charge is 0.454 e. The lowest BCUT2D eigenvalue weighted by Gasteiger charge is -2.08. The lowest BCUT2D eigenvalue weighted by atomic mass is 10.4. The second-order valence-corrected chi connectivity index (χ2v) is 6.64. The molecule has 0 atom stereocenters. The molecule has 2 aromatic rings. The van der Waals surface area contributed by atoms with Gasteiger partial charge in [-0.3, -0.25) is 4.79 Å². The Morgan fingerprint density at radius 2 is 1.23 bits per heavy atom. The maximum atomic E-state index is 12.5. The van der Waals surface area contributed by atoms with Crippen molar-refractivity contribution < 1.29 is 18.0 Å². The van der Waals surface area contributed by atoms with Gasteiger partial charge in [-0.05, 0) is 24.3 Å². The highest BCUT2D eigenvalue weighted by atomic mass is 32.2. The molecule has 0 aromatic heterocycles. The first-order valence-corrected chi connectivity index (χ1v) is 7.87. The minimum atomic E-state index is -4.86. The molecule has 1 nitrogen and oxygen atoms in total. The summed E-state index contributed by atoms with van der Waals surface area (Å²) in [7, 11) is 0. The van der Waals surface area contributed by atoms with Gasteiger partial charge in [0.1, 0.15) is 0 Å². The summed E-state index contributed by atoms with van der Waals surface area (Å²) in [5.74, 6) is -1.85. The van der Waals surface area contributed by atoms with E-state index < -0.39 is 12.0 Å². The first kappa shape index (κ1) is 16.7. The Bertz CT molecular complexity index is 609. The summed E-state index contributed by atoms with van der Waals surface area (Å²) < 4.78 is 37.7. The topological polar surface area (TPSA) is 17.1 Å². The standard InChI is InChI=1S/C16H11F3OS2/c17-16(18,19)14(20)11-15(21-12-7-3-1-4-8-12)22-13-9-5-2-6-10-13/h1-11H. The highest BCUT2D eigenvalue weighted by Crippen LogP contribution is 2.39. The van der Waals surface area contributed by atoms with Crippen molar-refractivity contribution in [1.82, 2.24) is 0 Å². The number of benzene rings is 2. The molecule has 0 aliphatic heterocycles. The van der Waals surface area contributed by atoms with E-state index in [2.05, 4.69) is 0 Å². The van der Waals surface area contributed by atoms with E-state index in [-0.39, 0.29) is 4.24 Å². The molecule has 0 unspecified atom stereocenters. The van der Waals surface area contributed by atoms with E-state index in [4.69, 9.17) is 0 Å². The second-order valence-electron chi connectivity index (χ2n) is 4.16. The number of carbonyl (C=O) groups is 1. The predicted octanol–water partition coefficient (Wildman–Crippen LogP) is 5.54. The Hall–Kier alpha value is -1.66. The van der Waals surface area contributed by atoms with Crippen LogP contribution >= 0.6 is 23.5 Å². The maximum Gasteiger partial charge on any atom is 0.454 e. The number of halogens is 3. The van der Waals surface area contributed by atoms with Crippen LogP contribution < -0.4 is 0 Å². The molecule has 0 bridgehead atoms. The number of carbonyl (C=O) groups excluding carboxylic acids is 1. The van der Waals surface area contributed by atoms with Gasteiger partial charge in [-0.25, -0.2) is 0 Å². The van der Waals surface area contributed by atoms with Crippen molar-refractivity contribution in [3.05, 3.63) is 71.0 Å². The number of ketones is 1. The van der Waals surface area contributed by atoms with Crippen LogP contribution in [0.2, 0.25) is 0 Å². The van der Waals surface area contributed by atoms with E-state index in [0.717, 1.165) is 33.3 Å². The van der Waals surface area contributed by atoms with Crippen LogP contribution in [-0.2, 0) is 4.79 Å². The van der Waals surface area contributed by atoms with E-state index in [9.17, 15) is 18.0 Å². The van der Waals surface area contributed by atoms with Crippen molar-refractivity contribution in [3.8, 4) is 0 Å². The number of allylic oxidation sites excluding steroid dienone is 1. The number of alkyl halides is 3. The van der Waals surface area contributed by atoms with Crippen LogP contribution in [0.25, 0.3) is 0 Å². The highest BCUT2D eigenvalue weighted by molar-refractivity contribution is 8.22. The van der Waals surface area contributed by atoms with Gasteiger partial charge in [-0.1, -0.05) is 59.9 Å². The molecular formula is C16H11F3OS2. The van der Waals surface area contributed by atoms with Crippen molar-refractivity contribution in [2.45, 2.75) is 16.0 Å². The third-order valence-electron chi connectivity index (χ3n) is 2.45. The van der Waals surface area contributed by atoms with Crippen molar-refractivity contribution in [2.75, 3.05) is 0 Å². The van der Waals surface area contributed by atoms with Crippen molar-refractivity contribution >= 4 is 29.3 Å². The average Bonchev–Trinajstić information content (AvgIpc) is 2.48. The monoisotopic (exact) mass is 340 g/mol. The quantitative estimate of drug-likeness (QED) is 0.525. The summed E-state index contributed by atoms with van der Waals surface area (Å²) in [5, 5.41) is 0. The van der Waals surface area contributed by atoms with Gasteiger partial charge in [0, 0.05) is 15.9 Å². The molecule has 0 amide bonds. The summed E-state index contributed by atoms with van der Waals surface area (Å²) in [6.07, 6.45) is -4.21. The number of rotatable bonds is 5. The van der Waals surface area contributed by atoms with Gasteiger partial charge in [-0.15, -0.1) is 0 Å². The molecule has 0 heterocycles. The molecule has 2 aromatic carbocycles. The third-order valence-corrected chi connectivity index (χ3v) is 4.61. The Morgan fingerprint density at radius 1 is 0.818 bits per heavy atom. The summed E-state index contributed by atoms with van der Waals surface area (Å²) in [4.78, 5) is 12.8. The van der Waals surface area contributed by atoms with E-state index in [1.54, 1.807) is 48.5 Å². The first-order valence-electron chi connectivity index (χ1n) is 6.24. The van der Waals surface area contributed by atoms with E-state index in [1.165, 1.54) is 0 Å². The molecule has 114 valence electrons. The molecule has 22 heavy (non-hydrogen) atoms. The number of thioether (sulfide) groups is 2. The first-order chi connectivity index (χ1) is 10.4. The van der Waals surface area contributed by atoms with E-state index in [1.807, 2.05) is 12.1 Å². The van der Waals surface area contributed by atoms with Gasteiger partial charge >= 0.3 is 6.18 Å². The fourth-order valence-corrected chi connectivity index (χ4v) is 3.61. The van der Waals surface area contributed by atoms with Gasteiger partial charge in [0.25, 0.3) is 5.78 Å². The second kappa shape index (κ2) is 7.56. The SMILES string of the molecule is O=C(C=C(Sc1ccccc1)Sc1ccccc1)C(F)(F)F. The van der Waals surface area contributed by atoms with Crippen LogP contribution in [0, 0.1) is 0 Å². The van der Waals surface area contributed by atoms with Crippen LogP contribution in [0.15, 0.2) is 80.8 Å². The van der Waals surface area contributed by atoms with Gasteiger partial charge < -0.3 is 0 Å². The van der Waals surface area contributed by atoms with Crippen molar-refractivity contribution in [3.63, 3.8) is 0 Å². The van der Waals surface area contributed by atoms with E-state index >= 15 is 0 Å². The molecule has 0 aliphatic rings. The lowest BCUT2D eigenvalue weighted by molar-refractivity contribution is -0.165. The van der Waals surface area contributed by atoms with Crippen LogP contribution in [0.5, 0.6) is 0 Å². The lowest BCUT2D eigenvalue weighted by Crippen LogP contribution is -2.20. The normalized spacial score (nSPS) is 11.0. The molecule has 0 fully saturated rings. The molecule has 0 N–H and O–H groups in total. The summed E-state index contributed by atoms with van der Waals surface area (Å²) >= 11 is 2.26. The summed E-state index contributed by atoms with van der Waals surface area (Å²) in [6.45, 7) is 0. The Labute approximate surface area is 134 Å². The predicted molar refractivity (Wildman–Crippen MR) is 83.7 cm³/mol. The van der Waals surface area contributed by atoms with Gasteiger partial charge in [0.2, 0.25) is 0 Å². The zero-order chi connectivity index (χ0) is 16.0. The average molecular weight is 340 g/mol. The highest BCUT2D eigenvalue weighted by Gasteiger charge is 2.36. The van der Waals surface area contributed by atoms with Crippen molar-refractivity contribution in [2.24, 2.45) is 0 Å². The summed E-state index contributed by atoms with van der Waals surface area (Å²) in [5.41, 5.74) is 0. The molecule has 6 heteroatoms.